The highest BCUT2D eigenvalue weighted by molar-refractivity contribution is 9.10. The van der Waals surface area contributed by atoms with Crippen molar-refractivity contribution >= 4 is 15.9 Å². The highest BCUT2D eigenvalue weighted by atomic mass is 79.9. The van der Waals surface area contributed by atoms with Gasteiger partial charge in [0.1, 0.15) is 0 Å². The Morgan fingerprint density at radius 2 is 2.08 bits per heavy atom. The van der Waals surface area contributed by atoms with Gasteiger partial charge >= 0.3 is 0 Å². The van der Waals surface area contributed by atoms with Gasteiger partial charge in [-0.1, -0.05) is 28.1 Å². The van der Waals surface area contributed by atoms with Crippen molar-refractivity contribution in [3.8, 4) is 0 Å². The molecule has 1 aliphatic heterocycles. The summed E-state index contributed by atoms with van der Waals surface area (Å²) in [5, 5.41) is 3.43. The minimum atomic E-state index is 0.594. The Bertz CT molecular complexity index is 329. The van der Waals surface area contributed by atoms with Crippen LogP contribution in [0.15, 0.2) is 16.6 Å². The normalized spacial score (nSPS) is 21.3. The Balaban J connectivity index is 2.41. The third kappa shape index (κ3) is 1.53. The van der Waals surface area contributed by atoms with Crippen LogP contribution in [-0.4, -0.2) is 6.54 Å². The molecule has 1 fully saturated rings. The average molecular weight is 240 g/mol. The molecule has 1 aromatic carbocycles. The third-order valence-corrected chi connectivity index (χ3v) is 4.04. The van der Waals surface area contributed by atoms with E-state index in [4.69, 9.17) is 0 Å². The Morgan fingerprint density at radius 3 is 2.62 bits per heavy atom. The van der Waals surface area contributed by atoms with Crippen molar-refractivity contribution in [2.45, 2.75) is 26.3 Å². The van der Waals surface area contributed by atoms with E-state index < -0.39 is 0 Å². The zero-order chi connectivity index (χ0) is 9.42. The van der Waals surface area contributed by atoms with Crippen LogP contribution >= 0.6 is 15.9 Å². The predicted molar refractivity (Wildman–Crippen MR) is 59.0 cm³/mol. The maximum absolute atomic E-state index is 3.62. The lowest BCUT2D eigenvalue weighted by atomic mass is 9.93. The number of aryl methyl sites for hydroxylation is 1. The molecule has 1 N–H and O–H groups in total. The van der Waals surface area contributed by atoms with Crippen molar-refractivity contribution in [3.63, 3.8) is 0 Å². The van der Waals surface area contributed by atoms with Gasteiger partial charge < -0.3 is 5.32 Å². The lowest BCUT2D eigenvalue weighted by molar-refractivity contribution is 0.381. The van der Waals surface area contributed by atoms with Gasteiger partial charge in [0, 0.05) is 10.5 Å². The molecule has 2 rings (SSSR count). The average Bonchev–Trinajstić information content (AvgIpc) is 2.03. The number of hydrogen-bond donors (Lipinski definition) is 1. The van der Waals surface area contributed by atoms with Gasteiger partial charge in [0.15, 0.2) is 0 Å². The maximum Gasteiger partial charge on any atom is 0.0335 e. The monoisotopic (exact) mass is 239 g/mol. The second-order valence-corrected chi connectivity index (χ2v) is 4.50. The summed E-state index contributed by atoms with van der Waals surface area (Å²) in [5.74, 6) is 0. The molecule has 0 amide bonds. The van der Waals surface area contributed by atoms with E-state index in [9.17, 15) is 0 Å². The van der Waals surface area contributed by atoms with Crippen molar-refractivity contribution in [1.29, 1.82) is 0 Å². The van der Waals surface area contributed by atoms with Crippen LogP contribution in [0.3, 0.4) is 0 Å². The molecule has 2 heteroatoms. The van der Waals surface area contributed by atoms with Crippen LogP contribution in [0.5, 0.6) is 0 Å². The fourth-order valence-corrected chi connectivity index (χ4v) is 2.13. The largest absolute Gasteiger partial charge is 0.310 e. The molecular formula is C11H14BrN. The molecule has 1 unspecified atom stereocenters. The molecule has 1 atom stereocenters. The molecule has 0 bridgehead atoms. The van der Waals surface area contributed by atoms with Crippen LogP contribution < -0.4 is 5.32 Å². The molecule has 13 heavy (non-hydrogen) atoms. The Morgan fingerprint density at radius 1 is 1.38 bits per heavy atom. The highest BCUT2D eigenvalue weighted by Gasteiger charge is 2.20. The van der Waals surface area contributed by atoms with Crippen LogP contribution in [0.1, 0.15) is 29.2 Å². The number of nitrogens with one attached hydrogen (secondary N) is 1. The van der Waals surface area contributed by atoms with Crippen LogP contribution in [0, 0.1) is 13.8 Å². The van der Waals surface area contributed by atoms with E-state index in [1.807, 2.05) is 0 Å². The molecular weight excluding hydrogens is 226 g/mol. The smallest absolute Gasteiger partial charge is 0.0335 e. The summed E-state index contributed by atoms with van der Waals surface area (Å²) < 4.78 is 1.26. The summed E-state index contributed by atoms with van der Waals surface area (Å²) in [6.45, 7) is 5.48. The van der Waals surface area contributed by atoms with Gasteiger partial charge in [-0.05, 0) is 43.5 Å². The molecule has 1 saturated heterocycles. The first-order valence-electron chi connectivity index (χ1n) is 4.69. The highest BCUT2D eigenvalue weighted by Crippen LogP contribution is 2.31. The quantitative estimate of drug-likeness (QED) is 0.795. The number of halogens is 1. The van der Waals surface area contributed by atoms with Crippen molar-refractivity contribution in [2.75, 3.05) is 6.54 Å². The Kier molecular flexibility index (Phi) is 2.43. The van der Waals surface area contributed by atoms with E-state index in [2.05, 4.69) is 47.2 Å². The van der Waals surface area contributed by atoms with Crippen LogP contribution in [0.25, 0.3) is 0 Å². The van der Waals surface area contributed by atoms with Gasteiger partial charge in [-0.2, -0.15) is 0 Å². The van der Waals surface area contributed by atoms with Crippen molar-refractivity contribution in [3.05, 3.63) is 33.3 Å². The van der Waals surface area contributed by atoms with Gasteiger partial charge in [-0.3, -0.25) is 0 Å². The summed E-state index contributed by atoms with van der Waals surface area (Å²) in [5.41, 5.74) is 4.15. The van der Waals surface area contributed by atoms with E-state index in [1.54, 1.807) is 0 Å². The minimum absolute atomic E-state index is 0.594. The summed E-state index contributed by atoms with van der Waals surface area (Å²) in [6, 6.07) is 5.02. The summed E-state index contributed by atoms with van der Waals surface area (Å²) in [6.07, 6.45) is 1.27. The second-order valence-electron chi connectivity index (χ2n) is 3.71. The summed E-state index contributed by atoms with van der Waals surface area (Å²) in [7, 11) is 0. The first-order valence-corrected chi connectivity index (χ1v) is 5.48. The van der Waals surface area contributed by atoms with Gasteiger partial charge in [-0.15, -0.1) is 0 Å². The standard InChI is InChI=1S/C11H14BrN/c1-7-3-4-9(8(2)11(7)12)10-5-6-13-10/h3-4,10,13H,5-6H2,1-2H3. The van der Waals surface area contributed by atoms with Crippen LogP contribution in [0.2, 0.25) is 0 Å². The molecule has 0 saturated carbocycles. The number of benzene rings is 1. The van der Waals surface area contributed by atoms with E-state index >= 15 is 0 Å². The molecule has 1 nitrogen and oxygen atoms in total. The van der Waals surface area contributed by atoms with Gasteiger partial charge in [-0.25, -0.2) is 0 Å². The van der Waals surface area contributed by atoms with Gasteiger partial charge in [0.25, 0.3) is 0 Å². The topological polar surface area (TPSA) is 12.0 Å². The van der Waals surface area contributed by atoms with E-state index in [0.717, 1.165) is 6.54 Å². The third-order valence-electron chi connectivity index (χ3n) is 2.82. The van der Waals surface area contributed by atoms with Crippen molar-refractivity contribution in [1.82, 2.24) is 5.32 Å². The predicted octanol–water partition coefficient (Wildman–Crippen LogP) is 3.10. The molecule has 0 aromatic heterocycles. The summed E-state index contributed by atoms with van der Waals surface area (Å²) in [4.78, 5) is 0. The van der Waals surface area contributed by atoms with Crippen LogP contribution in [-0.2, 0) is 0 Å². The summed E-state index contributed by atoms with van der Waals surface area (Å²) >= 11 is 3.62. The first-order chi connectivity index (χ1) is 6.20. The fourth-order valence-electron chi connectivity index (χ4n) is 1.77. The molecule has 0 spiro atoms. The zero-order valence-corrected chi connectivity index (χ0v) is 9.61. The fraction of sp³-hybridized carbons (Fsp3) is 0.455. The minimum Gasteiger partial charge on any atom is -0.310 e. The Labute approximate surface area is 87.7 Å². The van der Waals surface area contributed by atoms with E-state index in [-0.39, 0.29) is 0 Å². The lowest BCUT2D eigenvalue weighted by Gasteiger charge is -2.30. The lowest BCUT2D eigenvalue weighted by Crippen LogP contribution is -2.35. The van der Waals surface area contributed by atoms with E-state index in [0.29, 0.717) is 6.04 Å². The maximum atomic E-state index is 3.62. The van der Waals surface area contributed by atoms with Crippen molar-refractivity contribution < 1.29 is 0 Å². The SMILES string of the molecule is Cc1ccc(C2CCN2)c(C)c1Br. The van der Waals surface area contributed by atoms with Crippen molar-refractivity contribution in [2.24, 2.45) is 0 Å². The molecule has 1 aromatic rings. The van der Waals surface area contributed by atoms with E-state index in [1.165, 1.54) is 27.6 Å². The van der Waals surface area contributed by atoms with Gasteiger partial charge in [0.05, 0.1) is 0 Å². The van der Waals surface area contributed by atoms with Crippen LogP contribution in [0.4, 0.5) is 0 Å². The number of hydrogen-bond acceptors (Lipinski definition) is 1. The first kappa shape index (κ1) is 9.22. The molecule has 0 radical (unpaired) electrons. The zero-order valence-electron chi connectivity index (χ0n) is 8.02. The molecule has 70 valence electrons. The Hall–Kier alpha value is -0.340. The molecule has 0 aliphatic carbocycles. The molecule has 1 heterocycles. The number of rotatable bonds is 1. The molecule has 1 aliphatic rings. The second kappa shape index (κ2) is 3.43. The van der Waals surface area contributed by atoms with Gasteiger partial charge in [0.2, 0.25) is 0 Å².